The molecule has 116 valence electrons. The summed E-state index contributed by atoms with van der Waals surface area (Å²) in [7, 11) is 1.70. The van der Waals surface area contributed by atoms with Gasteiger partial charge in [0.2, 0.25) is 5.95 Å². The minimum atomic E-state index is 0.756. The number of nitrogens with zero attached hydrogens (tertiary/aromatic N) is 3. The van der Waals surface area contributed by atoms with E-state index in [1.165, 1.54) is 0 Å². The van der Waals surface area contributed by atoms with Gasteiger partial charge in [-0.1, -0.05) is 18.2 Å². The average Bonchev–Trinajstić information content (AvgIpc) is 2.85. The number of aromatic nitrogens is 2. The molecular formula is C17H22N4O. The average molecular weight is 298 g/mol. The number of hydrogen-bond donors (Lipinski definition) is 1. The molecule has 1 saturated heterocycles. The van der Waals surface area contributed by atoms with Crippen LogP contribution in [0, 0.1) is 0 Å². The van der Waals surface area contributed by atoms with Gasteiger partial charge in [-0.15, -0.1) is 0 Å². The van der Waals surface area contributed by atoms with Crippen molar-refractivity contribution in [1.29, 1.82) is 0 Å². The lowest BCUT2D eigenvalue weighted by Crippen LogP contribution is -2.29. The molecule has 1 aromatic carbocycles. The van der Waals surface area contributed by atoms with Crippen molar-refractivity contribution < 1.29 is 4.74 Å². The van der Waals surface area contributed by atoms with Gasteiger partial charge in [0.1, 0.15) is 5.75 Å². The van der Waals surface area contributed by atoms with Gasteiger partial charge in [-0.25, -0.2) is 9.97 Å². The first-order valence-electron chi connectivity index (χ1n) is 7.76. The molecule has 1 N–H and O–H groups in total. The molecule has 0 amide bonds. The topological polar surface area (TPSA) is 50.3 Å². The second kappa shape index (κ2) is 7.22. The Labute approximate surface area is 131 Å². The summed E-state index contributed by atoms with van der Waals surface area (Å²) >= 11 is 0. The van der Waals surface area contributed by atoms with E-state index in [2.05, 4.69) is 21.3 Å². The number of para-hydroxylation sites is 1. The van der Waals surface area contributed by atoms with Gasteiger partial charge in [0, 0.05) is 37.8 Å². The Morgan fingerprint density at radius 2 is 2.09 bits per heavy atom. The minimum Gasteiger partial charge on any atom is -0.496 e. The number of hydrogen-bond acceptors (Lipinski definition) is 5. The van der Waals surface area contributed by atoms with E-state index in [9.17, 15) is 0 Å². The predicted octanol–water partition coefficient (Wildman–Crippen LogP) is 1.88. The standard InChI is InChI=1S/C17H22N4O/c1-22-16-6-3-2-5-14(16)13-15-7-9-19-17(20-15)21-11-4-8-18-10-12-21/h2-3,5-7,9,18H,4,8,10-13H2,1H3. The molecule has 1 aliphatic heterocycles. The highest BCUT2D eigenvalue weighted by Gasteiger charge is 2.13. The first kappa shape index (κ1) is 14.8. The molecule has 5 nitrogen and oxygen atoms in total. The maximum Gasteiger partial charge on any atom is 0.225 e. The van der Waals surface area contributed by atoms with E-state index in [1.807, 2.05) is 30.5 Å². The van der Waals surface area contributed by atoms with E-state index in [4.69, 9.17) is 9.72 Å². The number of nitrogens with one attached hydrogen (secondary N) is 1. The molecule has 0 bridgehead atoms. The number of ether oxygens (including phenoxy) is 1. The third-order valence-electron chi connectivity index (χ3n) is 3.89. The van der Waals surface area contributed by atoms with Gasteiger partial charge in [-0.3, -0.25) is 0 Å². The normalized spacial score (nSPS) is 15.4. The number of rotatable bonds is 4. The Hall–Kier alpha value is -2.14. The summed E-state index contributed by atoms with van der Waals surface area (Å²) in [4.78, 5) is 11.4. The summed E-state index contributed by atoms with van der Waals surface area (Å²) in [5.74, 6) is 1.73. The third kappa shape index (κ3) is 3.54. The van der Waals surface area contributed by atoms with Gasteiger partial charge in [0.15, 0.2) is 0 Å². The SMILES string of the molecule is COc1ccccc1Cc1ccnc(N2CCCNCC2)n1. The lowest BCUT2D eigenvalue weighted by atomic mass is 10.1. The quantitative estimate of drug-likeness (QED) is 0.934. The van der Waals surface area contributed by atoms with Gasteiger partial charge in [-0.05, 0) is 25.1 Å². The molecule has 0 saturated carbocycles. The van der Waals surface area contributed by atoms with Crippen LogP contribution in [0.5, 0.6) is 5.75 Å². The smallest absolute Gasteiger partial charge is 0.225 e. The summed E-state index contributed by atoms with van der Waals surface area (Å²) in [6, 6.07) is 10.1. The van der Waals surface area contributed by atoms with Gasteiger partial charge in [-0.2, -0.15) is 0 Å². The van der Waals surface area contributed by atoms with Crippen molar-refractivity contribution in [2.45, 2.75) is 12.8 Å². The monoisotopic (exact) mass is 298 g/mol. The fourth-order valence-electron chi connectivity index (χ4n) is 2.73. The highest BCUT2D eigenvalue weighted by atomic mass is 16.5. The van der Waals surface area contributed by atoms with Crippen LogP contribution in [0.15, 0.2) is 36.5 Å². The van der Waals surface area contributed by atoms with Crippen LogP contribution in [0.3, 0.4) is 0 Å². The van der Waals surface area contributed by atoms with Crippen molar-refractivity contribution >= 4 is 5.95 Å². The highest BCUT2D eigenvalue weighted by molar-refractivity contribution is 5.37. The number of anilines is 1. The van der Waals surface area contributed by atoms with Crippen molar-refractivity contribution in [2.75, 3.05) is 38.2 Å². The molecule has 5 heteroatoms. The van der Waals surface area contributed by atoms with Crippen LogP contribution in [0.25, 0.3) is 0 Å². The minimum absolute atomic E-state index is 0.756. The summed E-state index contributed by atoms with van der Waals surface area (Å²) in [5.41, 5.74) is 2.17. The van der Waals surface area contributed by atoms with E-state index in [-0.39, 0.29) is 0 Å². The fourth-order valence-corrected chi connectivity index (χ4v) is 2.73. The van der Waals surface area contributed by atoms with Crippen molar-refractivity contribution in [3.8, 4) is 5.75 Å². The van der Waals surface area contributed by atoms with Crippen LogP contribution in [0.1, 0.15) is 17.7 Å². The molecule has 0 aliphatic carbocycles. The highest BCUT2D eigenvalue weighted by Crippen LogP contribution is 2.21. The maximum atomic E-state index is 5.42. The molecular weight excluding hydrogens is 276 g/mol. The molecule has 0 unspecified atom stereocenters. The van der Waals surface area contributed by atoms with Crippen LogP contribution in [-0.4, -0.2) is 43.3 Å². The Bertz CT molecular complexity index is 609. The molecule has 1 fully saturated rings. The molecule has 22 heavy (non-hydrogen) atoms. The van der Waals surface area contributed by atoms with Crippen LogP contribution >= 0.6 is 0 Å². The number of benzene rings is 1. The molecule has 0 spiro atoms. The lowest BCUT2D eigenvalue weighted by Gasteiger charge is -2.20. The Morgan fingerprint density at radius 3 is 3.00 bits per heavy atom. The first-order valence-corrected chi connectivity index (χ1v) is 7.76. The molecule has 2 aromatic rings. The second-order valence-electron chi connectivity index (χ2n) is 5.43. The zero-order chi connectivity index (χ0) is 15.2. The lowest BCUT2D eigenvalue weighted by molar-refractivity contribution is 0.410. The molecule has 0 radical (unpaired) electrons. The number of methoxy groups -OCH3 is 1. The van der Waals surface area contributed by atoms with Crippen LogP contribution in [0.2, 0.25) is 0 Å². The van der Waals surface area contributed by atoms with Gasteiger partial charge < -0.3 is 15.0 Å². The molecule has 0 atom stereocenters. The van der Waals surface area contributed by atoms with E-state index < -0.39 is 0 Å². The van der Waals surface area contributed by atoms with E-state index >= 15 is 0 Å². The molecule has 1 aromatic heterocycles. The Kier molecular flexibility index (Phi) is 4.85. The van der Waals surface area contributed by atoms with Gasteiger partial charge >= 0.3 is 0 Å². The van der Waals surface area contributed by atoms with E-state index in [1.54, 1.807) is 7.11 Å². The predicted molar refractivity (Wildman–Crippen MR) is 87.5 cm³/mol. The summed E-state index contributed by atoms with van der Waals surface area (Å²) in [6.45, 7) is 4.01. The molecule has 1 aliphatic rings. The largest absolute Gasteiger partial charge is 0.496 e. The van der Waals surface area contributed by atoms with Crippen molar-refractivity contribution in [3.63, 3.8) is 0 Å². The van der Waals surface area contributed by atoms with E-state index in [0.29, 0.717) is 0 Å². The third-order valence-corrected chi connectivity index (χ3v) is 3.89. The zero-order valence-electron chi connectivity index (χ0n) is 13.0. The van der Waals surface area contributed by atoms with Crippen molar-refractivity contribution in [2.24, 2.45) is 0 Å². The first-order chi connectivity index (χ1) is 10.9. The van der Waals surface area contributed by atoms with Crippen LogP contribution in [-0.2, 0) is 6.42 Å². The Balaban J connectivity index is 1.78. The molecule has 2 heterocycles. The summed E-state index contributed by atoms with van der Waals surface area (Å²) < 4.78 is 5.42. The summed E-state index contributed by atoms with van der Waals surface area (Å²) in [5, 5.41) is 3.40. The van der Waals surface area contributed by atoms with Gasteiger partial charge in [0.25, 0.3) is 0 Å². The van der Waals surface area contributed by atoms with Crippen molar-refractivity contribution in [1.82, 2.24) is 15.3 Å². The van der Waals surface area contributed by atoms with Crippen LogP contribution < -0.4 is 15.0 Å². The summed E-state index contributed by atoms with van der Waals surface area (Å²) in [6.07, 6.45) is 3.73. The zero-order valence-corrected chi connectivity index (χ0v) is 13.0. The van der Waals surface area contributed by atoms with E-state index in [0.717, 1.165) is 62.0 Å². The van der Waals surface area contributed by atoms with Gasteiger partial charge in [0.05, 0.1) is 12.8 Å². The fraction of sp³-hybridized carbons (Fsp3) is 0.412. The maximum absolute atomic E-state index is 5.42. The molecule has 3 rings (SSSR count). The Morgan fingerprint density at radius 1 is 1.18 bits per heavy atom. The van der Waals surface area contributed by atoms with Crippen molar-refractivity contribution in [3.05, 3.63) is 47.8 Å². The second-order valence-corrected chi connectivity index (χ2v) is 5.43. The van der Waals surface area contributed by atoms with Crippen LogP contribution in [0.4, 0.5) is 5.95 Å².